The molecular weight excluding hydrogens is 306 g/mol. The van der Waals surface area contributed by atoms with Gasteiger partial charge in [0.25, 0.3) is 5.91 Å². The van der Waals surface area contributed by atoms with Gasteiger partial charge in [0.15, 0.2) is 11.6 Å². The van der Waals surface area contributed by atoms with Gasteiger partial charge < -0.3 is 15.0 Å². The van der Waals surface area contributed by atoms with Gasteiger partial charge in [-0.1, -0.05) is 0 Å². The number of benzene rings is 1. The number of anilines is 2. The Hall–Kier alpha value is -2.61. The minimum atomic E-state index is -1.03. The van der Waals surface area contributed by atoms with Gasteiger partial charge in [-0.3, -0.25) is 4.79 Å². The fourth-order valence-electron chi connectivity index (χ4n) is 2.16. The van der Waals surface area contributed by atoms with Crippen molar-refractivity contribution >= 4 is 17.4 Å². The Balaban J connectivity index is 1.68. The van der Waals surface area contributed by atoms with E-state index >= 15 is 0 Å². The largest absolute Gasteiger partial charge is 0.378 e. The molecule has 23 heavy (non-hydrogen) atoms. The van der Waals surface area contributed by atoms with E-state index in [1.165, 1.54) is 18.5 Å². The predicted octanol–water partition coefficient (Wildman–Crippen LogP) is 1.84. The summed E-state index contributed by atoms with van der Waals surface area (Å²) in [6.45, 7) is 2.68. The highest BCUT2D eigenvalue weighted by molar-refractivity contribution is 6.02. The average molecular weight is 320 g/mol. The van der Waals surface area contributed by atoms with E-state index in [1.54, 1.807) is 0 Å². The van der Waals surface area contributed by atoms with Gasteiger partial charge in [-0.05, 0) is 12.1 Å². The molecule has 1 aromatic heterocycles. The van der Waals surface area contributed by atoms with Crippen LogP contribution in [0.4, 0.5) is 20.3 Å². The number of morpholine rings is 1. The lowest BCUT2D eigenvalue weighted by Crippen LogP contribution is -2.36. The number of hydrogen-bond acceptors (Lipinski definition) is 5. The van der Waals surface area contributed by atoms with Gasteiger partial charge in [0, 0.05) is 24.8 Å². The number of nitrogens with zero attached hydrogens (tertiary/aromatic N) is 3. The molecule has 0 bridgehead atoms. The fourth-order valence-corrected chi connectivity index (χ4v) is 2.16. The van der Waals surface area contributed by atoms with E-state index < -0.39 is 17.5 Å². The summed E-state index contributed by atoms with van der Waals surface area (Å²) >= 11 is 0. The highest BCUT2D eigenvalue weighted by Crippen LogP contribution is 2.15. The van der Waals surface area contributed by atoms with Crippen LogP contribution in [0.15, 0.2) is 30.6 Å². The van der Waals surface area contributed by atoms with Crippen LogP contribution in [0.25, 0.3) is 0 Å². The van der Waals surface area contributed by atoms with Crippen LogP contribution in [0.5, 0.6) is 0 Å². The molecule has 1 amide bonds. The third kappa shape index (κ3) is 3.59. The SMILES string of the molecule is O=C(Nc1ccc(F)c(F)c1)c1cnc(N2CCOCC2)cn1. The molecule has 1 aliphatic rings. The molecule has 0 aliphatic carbocycles. The molecule has 2 heterocycles. The van der Waals surface area contributed by atoms with E-state index in [0.717, 1.165) is 25.2 Å². The molecular formula is C15H14F2N4O2. The van der Waals surface area contributed by atoms with Crippen LogP contribution in [0.2, 0.25) is 0 Å². The van der Waals surface area contributed by atoms with Crippen LogP contribution in [0.3, 0.4) is 0 Å². The summed E-state index contributed by atoms with van der Waals surface area (Å²) in [6.07, 6.45) is 2.85. The smallest absolute Gasteiger partial charge is 0.275 e. The second kappa shape index (κ2) is 6.66. The summed E-state index contributed by atoms with van der Waals surface area (Å²) in [5.41, 5.74) is 0.236. The molecule has 0 unspecified atom stereocenters. The first-order valence-electron chi connectivity index (χ1n) is 7.04. The zero-order chi connectivity index (χ0) is 16.2. The first kappa shape index (κ1) is 15.3. The number of ether oxygens (including phenoxy) is 1. The van der Waals surface area contributed by atoms with Crippen molar-refractivity contribution in [2.45, 2.75) is 0 Å². The highest BCUT2D eigenvalue weighted by Gasteiger charge is 2.15. The second-order valence-electron chi connectivity index (χ2n) is 4.94. The molecule has 1 aliphatic heterocycles. The lowest BCUT2D eigenvalue weighted by Gasteiger charge is -2.27. The Morgan fingerprint density at radius 1 is 1.13 bits per heavy atom. The number of amides is 1. The molecule has 1 fully saturated rings. The molecule has 1 N–H and O–H groups in total. The van der Waals surface area contributed by atoms with Crippen LogP contribution >= 0.6 is 0 Å². The molecule has 120 valence electrons. The number of aromatic nitrogens is 2. The lowest BCUT2D eigenvalue weighted by atomic mass is 10.3. The molecule has 1 saturated heterocycles. The second-order valence-corrected chi connectivity index (χ2v) is 4.94. The summed E-state index contributed by atoms with van der Waals surface area (Å²) in [6, 6.07) is 3.12. The van der Waals surface area contributed by atoms with Crippen molar-refractivity contribution in [1.29, 1.82) is 0 Å². The summed E-state index contributed by atoms with van der Waals surface area (Å²) in [4.78, 5) is 22.3. The summed E-state index contributed by atoms with van der Waals surface area (Å²) in [5, 5.41) is 2.44. The Labute approximate surface area is 131 Å². The minimum Gasteiger partial charge on any atom is -0.378 e. The van der Waals surface area contributed by atoms with E-state index in [2.05, 4.69) is 15.3 Å². The Kier molecular flexibility index (Phi) is 4.42. The molecule has 6 nitrogen and oxygen atoms in total. The number of nitrogens with one attached hydrogen (secondary N) is 1. The van der Waals surface area contributed by atoms with E-state index in [1.807, 2.05) is 4.90 Å². The lowest BCUT2D eigenvalue weighted by molar-refractivity contribution is 0.102. The average Bonchev–Trinajstić information content (AvgIpc) is 2.59. The third-order valence-electron chi connectivity index (χ3n) is 3.38. The van der Waals surface area contributed by atoms with Crippen molar-refractivity contribution in [3.63, 3.8) is 0 Å². The first-order chi connectivity index (χ1) is 11.1. The summed E-state index contributed by atoms with van der Waals surface area (Å²) in [7, 11) is 0. The standard InChI is InChI=1S/C15H14F2N4O2/c16-11-2-1-10(7-12(11)17)20-15(22)13-8-19-14(9-18-13)21-3-5-23-6-4-21/h1-2,7-9H,3-6H2,(H,20,22). The maximum Gasteiger partial charge on any atom is 0.275 e. The maximum atomic E-state index is 13.1. The molecule has 2 aromatic rings. The van der Waals surface area contributed by atoms with Crippen molar-refractivity contribution in [3.8, 4) is 0 Å². The van der Waals surface area contributed by atoms with Crippen LogP contribution in [0.1, 0.15) is 10.5 Å². The Morgan fingerprint density at radius 2 is 1.91 bits per heavy atom. The number of hydrogen-bond donors (Lipinski definition) is 1. The molecule has 0 radical (unpaired) electrons. The maximum absolute atomic E-state index is 13.1. The Bertz CT molecular complexity index is 703. The van der Waals surface area contributed by atoms with E-state index in [9.17, 15) is 13.6 Å². The molecule has 8 heteroatoms. The molecule has 3 rings (SSSR count). The van der Waals surface area contributed by atoms with Crippen LogP contribution in [-0.2, 0) is 4.74 Å². The van der Waals surface area contributed by atoms with E-state index in [-0.39, 0.29) is 11.4 Å². The zero-order valence-corrected chi connectivity index (χ0v) is 12.1. The fraction of sp³-hybridized carbons (Fsp3) is 0.267. The monoisotopic (exact) mass is 320 g/mol. The first-order valence-corrected chi connectivity index (χ1v) is 7.04. The quantitative estimate of drug-likeness (QED) is 0.935. The predicted molar refractivity (Wildman–Crippen MR) is 79.4 cm³/mol. The zero-order valence-electron chi connectivity index (χ0n) is 12.1. The van der Waals surface area contributed by atoms with Gasteiger partial charge in [-0.25, -0.2) is 18.7 Å². The summed E-state index contributed by atoms with van der Waals surface area (Å²) < 4.78 is 31.2. The van der Waals surface area contributed by atoms with Crippen molar-refractivity contribution in [2.75, 3.05) is 36.5 Å². The van der Waals surface area contributed by atoms with Crippen molar-refractivity contribution in [2.24, 2.45) is 0 Å². The van der Waals surface area contributed by atoms with Gasteiger partial charge in [-0.15, -0.1) is 0 Å². The van der Waals surface area contributed by atoms with Crippen LogP contribution in [-0.4, -0.2) is 42.2 Å². The van der Waals surface area contributed by atoms with Crippen molar-refractivity contribution < 1.29 is 18.3 Å². The number of carbonyl (C=O) groups is 1. The van der Waals surface area contributed by atoms with Gasteiger partial charge >= 0.3 is 0 Å². The van der Waals surface area contributed by atoms with Crippen molar-refractivity contribution in [1.82, 2.24) is 9.97 Å². The normalized spacial score (nSPS) is 14.6. The number of rotatable bonds is 3. The van der Waals surface area contributed by atoms with Crippen LogP contribution in [0, 0.1) is 11.6 Å². The number of halogens is 2. The minimum absolute atomic E-state index is 0.0896. The number of carbonyl (C=O) groups excluding carboxylic acids is 1. The molecule has 0 saturated carbocycles. The summed E-state index contributed by atoms with van der Waals surface area (Å²) in [5.74, 6) is -1.89. The topological polar surface area (TPSA) is 67.4 Å². The van der Waals surface area contributed by atoms with Crippen LogP contribution < -0.4 is 10.2 Å². The molecule has 0 atom stereocenters. The van der Waals surface area contributed by atoms with E-state index in [4.69, 9.17) is 4.74 Å². The van der Waals surface area contributed by atoms with Gasteiger partial charge in [-0.2, -0.15) is 0 Å². The van der Waals surface area contributed by atoms with Gasteiger partial charge in [0.2, 0.25) is 0 Å². The van der Waals surface area contributed by atoms with Gasteiger partial charge in [0.05, 0.1) is 25.6 Å². The third-order valence-corrected chi connectivity index (χ3v) is 3.38. The van der Waals surface area contributed by atoms with E-state index in [0.29, 0.717) is 19.0 Å². The van der Waals surface area contributed by atoms with Crippen molar-refractivity contribution in [3.05, 3.63) is 47.9 Å². The molecule has 0 spiro atoms. The molecule has 1 aromatic carbocycles. The Morgan fingerprint density at radius 3 is 2.57 bits per heavy atom. The van der Waals surface area contributed by atoms with Gasteiger partial charge in [0.1, 0.15) is 11.5 Å². The highest BCUT2D eigenvalue weighted by atomic mass is 19.2.